The molecule has 3 unspecified atom stereocenters. The van der Waals surface area contributed by atoms with E-state index in [4.69, 9.17) is 0 Å². The largest absolute Gasteiger partial charge is 0.288 e. The number of unbranched alkanes of at least 4 members (excludes halogenated alkanes) is 3. The predicted octanol–water partition coefficient (Wildman–Crippen LogP) is 3.82. The molecule has 1 heterocycles. The number of rotatable bonds is 6. The molecular formula is C16H34N2. The first-order valence-corrected chi connectivity index (χ1v) is 7.95. The van der Waals surface area contributed by atoms with Gasteiger partial charge in [-0.1, -0.05) is 47.0 Å². The van der Waals surface area contributed by atoms with Gasteiger partial charge in [-0.15, -0.1) is 0 Å². The van der Waals surface area contributed by atoms with Crippen molar-refractivity contribution in [3.63, 3.8) is 0 Å². The first-order valence-electron chi connectivity index (χ1n) is 7.95. The Balaban J connectivity index is 2.56. The van der Waals surface area contributed by atoms with E-state index in [1.807, 2.05) is 0 Å². The van der Waals surface area contributed by atoms with Crippen LogP contribution in [0, 0.1) is 11.8 Å². The summed E-state index contributed by atoms with van der Waals surface area (Å²) < 4.78 is 0. The topological polar surface area (TPSA) is 6.48 Å². The summed E-state index contributed by atoms with van der Waals surface area (Å²) in [7, 11) is 2.31. The number of hydrogen-bond acceptors (Lipinski definition) is 2. The van der Waals surface area contributed by atoms with Gasteiger partial charge in [-0.25, -0.2) is 0 Å². The molecule has 0 aromatic heterocycles. The van der Waals surface area contributed by atoms with Crippen molar-refractivity contribution in [2.45, 2.75) is 72.5 Å². The van der Waals surface area contributed by atoms with Crippen molar-refractivity contribution in [3.8, 4) is 0 Å². The fraction of sp³-hybridized carbons (Fsp3) is 1.00. The van der Waals surface area contributed by atoms with Gasteiger partial charge in [0.2, 0.25) is 0 Å². The molecule has 1 fully saturated rings. The number of nitrogens with zero attached hydrogens (tertiary/aromatic N) is 2. The van der Waals surface area contributed by atoms with Gasteiger partial charge >= 0.3 is 0 Å². The Hall–Kier alpha value is -0.0800. The van der Waals surface area contributed by atoms with Gasteiger partial charge in [0, 0.05) is 12.6 Å². The lowest BCUT2D eigenvalue weighted by molar-refractivity contribution is -0.0625. The summed E-state index contributed by atoms with van der Waals surface area (Å²) in [5.41, 5.74) is 0. The predicted molar refractivity (Wildman–Crippen MR) is 80.7 cm³/mol. The summed E-state index contributed by atoms with van der Waals surface area (Å²) in [5, 5.41) is 0. The highest BCUT2D eigenvalue weighted by molar-refractivity contribution is 4.87. The van der Waals surface area contributed by atoms with Crippen LogP contribution in [0.15, 0.2) is 0 Å². The Labute approximate surface area is 115 Å². The summed E-state index contributed by atoms with van der Waals surface area (Å²) in [5.74, 6) is 1.51. The van der Waals surface area contributed by atoms with Crippen LogP contribution in [0.25, 0.3) is 0 Å². The monoisotopic (exact) mass is 254 g/mol. The van der Waals surface area contributed by atoms with Crippen LogP contribution in [0.2, 0.25) is 0 Å². The van der Waals surface area contributed by atoms with Gasteiger partial charge in [0.25, 0.3) is 0 Å². The maximum Gasteiger partial charge on any atom is 0.0646 e. The first-order chi connectivity index (χ1) is 8.49. The van der Waals surface area contributed by atoms with Crippen molar-refractivity contribution in [3.05, 3.63) is 0 Å². The van der Waals surface area contributed by atoms with Crippen LogP contribution in [-0.4, -0.2) is 42.1 Å². The minimum absolute atomic E-state index is 0.637. The zero-order chi connectivity index (χ0) is 13.7. The molecule has 1 aliphatic rings. The molecule has 1 rings (SSSR count). The molecule has 0 N–H and O–H groups in total. The Morgan fingerprint density at radius 2 is 1.78 bits per heavy atom. The Morgan fingerprint density at radius 1 is 1.11 bits per heavy atom. The lowest BCUT2D eigenvalue weighted by Gasteiger charge is -2.50. The zero-order valence-corrected chi connectivity index (χ0v) is 13.4. The van der Waals surface area contributed by atoms with Gasteiger partial charge in [0.15, 0.2) is 0 Å². The van der Waals surface area contributed by atoms with Crippen LogP contribution in [0.3, 0.4) is 0 Å². The fourth-order valence-corrected chi connectivity index (χ4v) is 3.39. The van der Waals surface area contributed by atoms with Crippen molar-refractivity contribution in [2.75, 3.05) is 20.1 Å². The fourth-order valence-electron chi connectivity index (χ4n) is 3.39. The molecule has 0 saturated carbocycles. The van der Waals surface area contributed by atoms with E-state index in [1.54, 1.807) is 0 Å². The van der Waals surface area contributed by atoms with Crippen molar-refractivity contribution in [2.24, 2.45) is 11.8 Å². The van der Waals surface area contributed by atoms with Gasteiger partial charge in [-0.3, -0.25) is 9.80 Å². The SMILES string of the molecule is CCCCCCN1CC(C)C(C)N(C)C1C(C)C. The normalized spacial score (nSPS) is 31.2. The maximum atomic E-state index is 2.73. The zero-order valence-electron chi connectivity index (χ0n) is 13.4. The quantitative estimate of drug-likeness (QED) is 0.665. The van der Waals surface area contributed by atoms with E-state index in [1.165, 1.54) is 38.8 Å². The minimum Gasteiger partial charge on any atom is -0.288 e. The van der Waals surface area contributed by atoms with Crippen LogP contribution < -0.4 is 0 Å². The second-order valence-electron chi connectivity index (χ2n) is 6.60. The molecule has 0 bridgehead atoms. The molecule has 18 heavy (non-hydrogen) atoms. The molecule has 0 amide bonds. The van der Waals surface area contributed by atoms with Crippen LogP contribution in [0.4, 0.5) is 0 Å². The van der Waals surface area contributed by atoms with Crippen LogP contribution in [0.1, 0.15) is 60.3 Å². The molecule has 0 aromatic rings. The van der Waals surface area contributed by atoms with E-state index in [0.29, 0.717) is 12.2 Å². The Bertz CT molecular complexity index is 227. The molecule has 0 radical (unpaired) electrons. The summed E-state index contributed by atoms with van der Waals surface area (Å²) >= 11 is 0. The van der Waals surface area contributed by atoms with Gasteiger partial charge in [0.05, 0.1) is 6.17 Å². The van der Waals surface area contributed by atoms with Crippen molar-refractivity contribution in [1.29, 1.82) is 0 Å². The van der Waals surface area contributed by atoms with E-state index in [9.17, 15) is 0 Å². The van der Waals surface area contributed by atoms with Gasteiger partial charge in [-0.2, -0.15) is 0 Å². The van der Waals surface area contributed by atoms with Gasteiger partial charge in [-0.05, 0) is 38.8 Å². The lowest BCUT2D eigenvalue weighted by atomic mass is 9.93. The highest BCUT2D eigenvalue weighted by atomic mass is 15.4. The van der Waals surface area contributed by atoms with Crippen molar-refractivity contribution in [1.82, 2.24) is 9.80 Å². The highest BCUT2D eigenvalue weighted by Gasteiger charge is 2.36. The highest BCUT2D eigenvalue weighted by Crippen LogP contribution is 2.27. The van der Waals surface area contributed by atoms with Crippen LogP contribution >= 0.6 is 0 Å². The Kier molecular flexibility index (Phi) is 6.65. The van der Waals surface area contributed by atoms with Crippen LogP contribution in [-0.2, 0) is 0 Å². The lowest BCUT2D eigenvalue weighted by Crippen LogP contribution is -2.61. The molecule has 2 nitrogen and oxygen atoms in total. The minimum atomic E-state index is 0.637. The van der Waals surface area contributed by atoms with E-state index < -0.39 is 0 Å². The summed E-state index contributed by atoms with van der Waals surface area (Å²) in [6.45, 7) is 14.4. The molecule has 1 aliphatic heterocycles. The van der Waals surface area contributed by atoms with E-state index >= 15 is 0 Å². The van der Waals surface area contributed by atoms with E-state index in [2.05, 4.69) is 51.5 Å². The van der Waals surface area contributed by atoms with E-state index in [-0.39, 0.29) is 0 Å². The number of hydrogen-bond donors (Lipinski definition) is 0. The molecule has 2 heteroatoms. The average Bonchev–Trinajstić information content (AvgIpc) is 2.31. The Morgan fingerprint density at radius 3 is 2.33 bits per heavy atom. The maximum absolute atomic E-state index is 2.73. The average molecular weight is 254 g/mol. The molecule has 1 saturated heterocycles. The standard InChI is InChI=1S/C16H34N2/c1-7-8-9-10-11-18-12-14(4)15(5)17(6)16(18)13(2)3/h13-16H,7-12H2,1-6H3. The molecule has 3 atom stereocenters. The summed E-state index contributed by atoms with van der Waals surface area (Å²) in [6.07, 6.45) is 6.12. The molecular weight excluding hydrogens is 220 g/mol. The smallest absolute Gasteiger partial charge is 0.0646 e. The summed E-state index contributed by atoms with van der Waals surface area (Å²) in [4.78, 5) is 5.32. The first kappa shape index (κ1) is 16.0. The molecule has 0 aromatic carbocycles. The van der Waals surface area contributed by atoms with Crippen molar-refractivity contribution >= 4 is 0 Å². The summed E-state index contributed by atoms with van der Waals surface area (Å²) in [6, 6.07) is 0.712. The second-order valence-corrected chi connectivity index (χ2v) is 6.60. The third-order valence-corrected chi connectivity index (χ3v) is 4.67. The van der Waals surface area contributed by atoms with Crippen LogP contribution in [0.5, 0.6) is 0 Å². The third-order valence-electron chi connectivity index (χ3n) is 4.67. The van der Waals surface area contributed by atoms with Gasteiger partial charge in [0.1, 0.15) is 0 Å². The molecule has 0 spiro atoms. The van der Waals surface area contributed by atoms with E-state index in [0.717, 1.165) is 11.8 Å². The molecule has 0 aliphatic carbocycles. The van der Waals surface area contributed by atoms with Gasteiger partial charge < -0.3 is 0 Å². The third kappa shape index (κ3) is 3.96. The second kappa shape index (κ2) is 7.49. The molecule has 108 valence electrons. The van der Waals surface area contributed by atoms with Crippen molar-refractivity contribution < 1.29 is 0 Å².